The van der Waals surface area contributed by atoms with Gasteiger partial charge in [-0.25, -0.2) is 0 Å². The third-order valence-electron chi connectivity index (χ3n) is 2.74. The number of nitrogens with one attached hydrogen (secondary N) is 1. The summed E-state index contributed by atoms with van der Waals surface area (Å²) in [5.41, 5.74) is 2.10. The summed E-state index contributed by atoms with van der Waals surface area (Å²) >= 11 is 2.24. The van der Waals surface area contributed by atoms with Gasteiger partial charge in [0.05, 0.1) is 10.9 Å². The molecule has 0 aliphatic rings. The van der Waals surface area contributed by atoms with Gasteiger partial charge >= 0.3 is 0 Å². The Hall–Kier alpha value is -1.56. The highest BCUT2D eigenvalue weighted by molar-refractivity contribution is 14.1. The van der Waals surface area contributed by atoms with Crippen LogP contribution in [-0.4, -0.2) is 10.2 Å². The molecule has 90 valence electrons. The first kappa shape index (κ1) is 11.5. The van der Waals surface area contributed by atoms with Crippen molar-refractivity contribution in [3.05, 3.63) is 57.8 Å². The SMILES string of the molecule is Ic1[nH]nc2cccc(OCc3ccccc3)c12. The van der Waals surface area contributed by atoms with Crippen molar-refractivity contribution in [2.75, 3.05) is 0 Å². The zero-order valence-corrected chi connectivity index (χ0v) is 11.7. The predicted molar refractivity (Wildman–Crippen MR) is 79.6 cm³/mol. The van der Waals surface area contributed by atoms with Crippen molar-refractivity contribution >= 4 is 33.5 Å². The summed E-state index contributed by atoms with van der Waals surface area (Å²) in [6.45, 7) is 0.571. The lowest BCUT2D eigenvalue weighted by Gasteiger charge is -2.07. The molecule has 0 saturated carbocycles. The van der Waals surface area contributed by atoms with Gasteiger partial charge in [-0.2, -0.15) is 5.10 Å². The number of benzene rings is 2. The standard InChI is InChI=1S/C14H11IN2O/c15-14-13-11(16-17-14)7-4-8-12(13)18-9-10-5-2-1-3-6-10/h1-8H,9H2,(H,16,17). The van der Waals surface area contributed by atoms with E-state index in [1.54, 1.807) is 0 Å². The van der Waals surface area contributed by atoms with Gasteiger partial charge in [-0.05, 0) is 40.3 Å². The monoisotopic (exact) mass is 350 g/mol. The van der Waals surface area contributed by atoms with E-state index in [9.17, 15) is 0 Å². The second-order valence-corrected chi connectivity index (χ2v) is 5.04. The van der Waals surface area contributed by atoms with Crippen molar-refractivity contribution in [3.8, 4) is 5.75 Å². The Morgan fingerprint density at radius 1 is 1.06 bits per heavy atom. The average molecular weight is 350 g/mol. The summed E-state index contributed by atoms with van der Waals surface area (Å²) in [5.74, 6) is 0.870. The first-order chi connectivity index (χ1) is 8.84. The average Bonchev–Trinajstić information content (AvgIpc) is 2.80. The maximum atomic E-state index is 5.88. The Balaban J connectivity index is 1.89. The first-order valence-corrected chi connectivity index (χ1v) is 6.72. The number of hydrogen-bond acceptors (Lipinski definition) is 2. The molecule has 0 aliphatic heterocycles. The lowest BCUT2D eigenvalue weighted by atomic mass is 10.2. The van der Waals surface area contributed by atoms with Gasteiger partial charge in [0, 0.05) is 0 Å². The number of hydrogen-bond donors (Lipinski definition) is 1. The van der Waals surface area contributed by atoms with E-state index < -0.39 is 0 Å². The van der Waals surface area contributed by atoms with Gasteiger partial charge in [0.15, 0.2) is 0 Å². The molecule has 3 rings (SSSR count). The fourth-order valence-corrected chi connectivity index (χ4v) is 2.52. The van der Waals surface area contributed by atoms with Crippen molar-refractivity contribution in [1.29, 1.82) is 0 Å². The van der Waals surface area contributed by atoms with E-state index in [0.29, 0.717) is 6.61 Å². The van der Waals surface area contributed by atoms with Gasteiger partial charge in [0.2, 0.25) is 0 Å². The van der Waals surface area contributed by atoms with Gasteiger partial charge in [0.1, 0.15) is 16.1 Å². The highest BCUT2D eigenvalue weighted by Crippen LogP contribution is 2.28. The Kier molecular flexibility index (Phi) is 3.19. The van der Waals surface area contributed by atoms with E-state index in [4.69, 9.17) is 4.74 Å². The smallest absolute Gasteiger partial charge is 0.131 e. The van der Waals surface area contributed by atoms with Crippen LogP contribution in [0.3, 0.4) is 0 Å². The molecular weight excluding hydrogens is 339 g/mol. The molecule has 4 heteroatoms. The van der Waals surface area contributed by atoms with Crippen LogP contribution in [0.5, 0.6) is 5.75 Å². The van der Waals surface area contributed by atoms with Gasteiger partial charge in [-0.3, -0.25) is 5.10 Å². The van der Waals surface area contributed by atoms with Crippen molar-refractivity contribution in [1.82, 2.24) is 10.2 Å². The number of aromatic amines is 1. The minimum atomic E-state index is 0.571. The fraction of sp³-hybridized carbons (Fsp3) is 0.0714. The van der Waals surface area contributed by atoms with Gasteiger partial charge in [-0.15, -0.1) is 0 Å². The highest BCUT2D eigenvalue weighted by atomic mass is 127. The van der Waals surface area contributed by atoms with E-state index in [0.717, 1.165) is 25.9 Å². The zero-order valence-electron chi connectivity index (χ0n) is 9.56. The summed E-state index contributed by atoms with van der Waals surface area (Å²) in [6.07, 6.45) is 0. The van der Waals surface area contributed by atoms with Crippen molar-refractivity contribution in [3.63, 3.8) is 0 Å². The first-order valence-electron chi connectivity index (χ1n) is 5.64. The molecule has 0 spiro atoms. The molecule has 1 heterocycles. The lowest BCUT2D eigenvalue weighted by molar-refractivity contribution is 0.310. The van der Waals surface area contributed by atoms with Crippen LogP contribution < -0.4 is 4.74 Å². The predicted octanol–water partition coefficient (Wildman–Crippen LogP) is 3.75. The van der Waals surface area contributed by atoms with Gasteiger partial charge in [-0.1, -0.05) is 36.4 Å². The van der Waals surface area contributed by atoms with Gasteiger partial charge in [0.25, 0.3) is 0 Å². The van der Waals surface area contributed by atoms with Crippen LogP contribution in [-0.2, 0) is 6.61 Å². The van der Waals surface area contributed by atoms with Crippen LogP contribution in [0, 0.1) is 3.70 Å². The van der Waals surface area contributed by atoms with Crippen molar-refractivity contribution < 1.29 is 4.74 Å². The zero-order chi connectivity index (χ0) is 12.4. The van der Waals surface area contributed by atoms with E-state index in [2.05, 4.69) is 44.9 Å². The van der Waals surface area contributed by atoms with Crippen LogP contribution in [0.4, 0.5) is 0 Å². The maximum absolute atomic E-state index is 5.88. The van der Waals surface area contributed by atoms with E-state index in [-0.39, 0.29) is 0 Å². The topological polar surface area (TPSA) is 37.9 Å². The minimum absolute atomic E-state index is 0.571. The third kappa shape index (κ3) is 2.20. The molecule has 0 saturated heterocycles. The lowest BCUT2D eigenvalue weighted by Crippen LogP contribution is -1.95. The molecule has 0 atom stereocenters. The summed E-state index contributed by atoms with van der Waals surface area (Å²) < 4.78 is 6.89. The van der Waals surface area contributed by atoms with Crippen LogP contribution in [0.2, 0.25) is 0 Å². The quantitative estimate of drug-likeness (QED) is 0.731. The second kappa shape index (κ2) is 4.97. The molecule has 18 heavy (non-hydrogen) atoms. The molecule has 0 fully saturated rings. The molecule has 0 radical (unpaired) electrons. The number of ether oxygens (including phenoxy) is 1. The maximum Gasteiger partial charge on any atom is 0.131 e. The number of rotatable bonds is 3. The van der Waals surface area contributed by atoms with Gasteiger partial charge < -0.3 is 4.74 Å². The van der Waals surface area contributed by atoms with E-state index in [1.165, 1.54) is 0 Å². The highest BCUT2D eigenvalue weighted by Gasteiger charge is 2.08. The van der Waals surface area contributed by atoms with E-state index >= 15 is 0 Å². The number of nitrogens with zero attached hydrogens (tertiary/aromatic N) is 1. The van der Waals surface area contributed by atoms with Crippen LogP contribution in [0.15, 0.2) is 48.5 Å². The normalized spacial score (nSPS) is 10.7. The van der Waals surface area contributed by atoms with Crippen molar-refractivity contribution in [2.45, 2.75) is 6.61 Å². The largest absolute Gasteiger partial charge is 0.488 e. The van der Waals surface area contributed by atoms with Crippen LogP contribution in [0.1, 0.15) is 5.56 Å². The fourth-order valence-electron chi connectivity index (χ4n) is 1.85. The third-order valence-corrected chi connectivity index (χ3v) is 3.52. The molecule has 0 unspecified atom stereocenters. The molecule has 3 nitrogen and oxygen atoms in total. The van der Waals surface area contributed by atoms with Crippen LogP contribution in [0.25, 0.3) is 10.9 Å². The molecule has 2 aromatic carbocycles. The Morgan fingerprint density at radius 2 is 1.89 bits per heavy atom. The minimum Gasteiger partial charge on any atom is -0.488 e. The molecule has 1 N–H and O–H groups in total. The molecular formula is C14H11IN2O. The van der Waals surface area contributed by atoms with Crippen LogP contribution >= 0.6 is 22.6 Å². The molecule has 0 amide bonds. The number of halogens is 1. The summed E-state index contributed by atoms with van der Waals surface area (Å²) in [5, 5.41) is 8.24. The van der Waals surface area contributed by atoms with E-state index in [1.807, 2.05) is 36.4 Å². The van der Waals surface area contributed by atoms with Crippen molar-refractivity contribution in [2.24, 2.45) is 0 Å². The Labute approximate surface area is 118 Å². The second-order valence-electron chi connectivity index (χ2n) is 3.96. The molecule has 3 aromatic rings. The summed E-state index contributed by atoms with van der Waals surface area (Å²) in [6, 6.07) is 16.1. The molecule has 0 bridgehead atoms. The molecule has 0 aliphatic carbocycles. The summed E-state index contributed by atoms with van der Waals surface area (Å²) in [4.78, 5) is 0. The number of aromatic nitrogens is 2. The number of H-pyrrole nitrogens is 1. The Bertz CT molecular complexity index is 664. The number of fused-ring (bicyclic) bond motifs is 1. The summed E-state index contributed by atoms with van der Waals surface area (Å²) in [7, 11) is 0. The Morgan fingerprint density at radius 3 is 2.72 bits per heavy atom. The molecule has 1 aromatic heterocycles.